The molecule has 1 aliphatic carbocycles. The standard InChI is InChI=1S/C18H16FN3O3S/c19-11-7-5-10(6-8-11)15-14(9-20)26-18(21-15)22-16(23)12-3-1-2-4-13(12)17(24)25/h5-8,12-13H,1-4H2,(H,24,25)(H,21,22,23). The number of thiazole rings is 1. The number of nitriles is 1. The molecule has 0 aliphatic heterocycles. The van der Waals surface area contributed by atoms with Crippen LogP contribution in [0.4, 0.5) is 9.52 Å². The Bertz CT molecular complexity index is 873. The highest BCUT2D eigenvalue weighted by atomic mass is 32.1. The van der Waals surface area contributed by atoms with Crippen LogP contribution in [-0.2, 0) is 9.59 Å². The molecule has 1 fully saturated rings. The number of benzene rings is 1. The van der Waals surface area contributed by atoms with Gasteiger partial charge in [-0.1, -0.05) is 24.2 Å². The number of carbonyl (C=O) groups is 2. The van der Waals surface area contributed by atoms with Crippen molar-refractivity contribution < 1.29 is 19.1 Å². The van der Waals surface area contributed by atoms with Gasteiger partial charge in [0.15, 0.2) is 5.13 Å². The Kier molecular flexibility index (Phi) is 5.28. The number of carbonyl (C=O) groups excluding carboxylic acids is 1. The summed E-state index contributed by atoms with van der Waals surface area (Å²) in [6.07, 6.45) is 2.61. The van der Waals surface area contributed by atoms with Crippen molar-refractivity contribution in [3.8, 4) is 17.3 Å². The predicted molar refractivity (Wildman–Crippen MR) is 93.9 cm³/mol. The minimum Gasteiger partial charge on any atom is -0.481 e. The Morgan fingerprint density at radius 1 is 1.23 bits per heavy atom. The Balaban J connectivity index is 1.82. The lowest BCUT2D eigenvalue weighted by molar-refractivity contribution is -0.147. The number of halogens is 1. The molecule has 1 amide bonds. The van der Waals surface area contributed by atoms with Gasteiger partial charge in [0.1, 0.15) is 22.5 Å². The van der Waals surface area contributed by atoms with Gasteiger partial charge in [-0.2, -0.15) is 5.26 Å². The number of carboxylic acids is 1. The van der Waals surface area contributed by atoms with E-state index in [-0.39, 0.29) is 11.0 Å². The average Bonchev–Trinajstić information content (AvgIpc) is 3.05. The largest absolute Gasteiger partial charge is 0.481 e. The lowest BCUT2D eigenvalue weighted by Crippen LogP contribution is -2.36. The van der Waals surface area contributed by atoms with Crippen LogP contribution in [0.15, 0.2) is 24.3 Å². The Morgan fingerprint density at radius 2 is 1.88 bits per heavy atom. The quantitative estimate of drug-likeness (QED) is 0.851. The lowest BCUT2D eigenvalue weighted by atomic mass is 9.79. The summed E-state index contributed by atoms with van der Waals surface area (Å²) in [6.45, 7) is 0. The maximum absolute atomic E-state index is 13.1. The van der Waals surface area contributed by atoms with Crippen LogP contribution in [0, 0.1) is 29.0 Å². The fourth-order valence-electron chi connectivity index (χ4n) is 3.19. The first-order valence-electron chi connectivity index (χ1n) is 8.20. The fourth-order valence-corrected chi connectivity index (χ4v) is 3.98. The van der Waals surface area contributed by atoms with Gasteiger partial charge in [-0.05, 0) is 37.1 Å². The van der Waals surface area contributed by atoms with E-state index in [0.717, 1.165) is 24.2 Å². The number of hydrogen-bond acceptors (Lipinski definition) is 5. The van der Waals surface area contributed by atoms with Crippen LogP contribution >= 0.6 is 11.3 Å². The molecule has 134 valence electrons. The summed E-state index contributed by atoms with van der Waals surface area (Å²) < 4.78 is 13.1. The number of anilines is 1. The number of hydrogen-bond donors (Lipinski definition) is 2. The summed E-state index contributed by atoms with van der Waals surface area (Å²) in [6, 6.07) is 7.59. The Morgan fingerprint density at radius 3 is 2.50 bits per heavy atom. The van der Waals surface area contributed by atoms with E-state index in [2.05, 4.69) is 10.3 Å². The molecule has 26 heavy (non-hydrogen) atoms. The number of aliphatic carboxylic acids is 1. The van der Waals surface area contributed by atoms with E-state index in [9.17, 15) is 24.3 Å². The van der Waals surface area contributed by atoms with E-state index in [1.165, 1.54) is 24.3 Å². The highest BCUT2D eigenvalue weighted by Gasteiger charge is 2.36. The summed E-state index contributed by atoms with van der Waals surface area (Å²) in [4.78, 5) is 28.5. The third-order valence-electron chi connectivity index (χ3n) is 4.50. The molecular formula is C18H16FN3O3S. The van der Waals surface area contributed by atoms with Crippen LogP contribution in [0.1, 0.15) is 30.6 Å². The second-order valence-corrected chi connectivity index (χ2v) is 7.14. The summed E-state index contributed by atoms with van der Waals surface area (Å²) in [5.41, 5.74) is 0.937. The first-order chi connectivity index (χ1) is 12.5. The van der Waals surface area contributed by atoms with Crippen LogP contribution in [0.5, 0.6) is 0 Å². The van der Waals surface area contributed by atoms with Crippen molar-refractivity contribution in [3.63, 3.8) is 0 Å². The summed E-state index contributed by atoms with van der Waals surface area (Å²) >= 11 is 1.02. The van der Waals surface area contributed by atoms with Gasteiger partial charge >= 0.3 is 5.97 Å². The second-order valence-electron chi connectivity index (χ2n) is 6.14. The average molecular weight is 373 g/mol. The molecule has 1 heterocycles. The molecule has 1 aromatic heterocycles. The topological polar surface area (TPSA) is 103 Å². The van der Waals surface area contributed by atoms with E-state index >= 15 is 0 Å². The van der Waals surface area contributed by atoms with Gasteiger partial charge in [-0.15, -0.1) is 0 Å². The highest BCUT2D eigenvalue weighted by molar-refractivity contribution is 7.16. The van der Waals surface area contributed by atoms with Crippen LogP contribution in [0.2, 0.25) is 0 Å². The number of aromatic nitrogens is 1. The van der Waals surface area contributed by atoms with Gasteiger partial charge in [-0.25, -0.2) is 9.37 Å². The molecule has 2 aromatic rings. The van der Waals surface area contributed by atoms with Crippen molar-refractivity contribution in [2.45, 2.75) is 25.7 Å². The van der Waals surface area contributed by atoms with E-state index < -0.39 is 23.6 Å². The molecule has 1 aromatic carbocycles. The van der Waals surface area contributed by atoms with Crippen LogP contribution in [-0.4, -0.2) is 22.0 Å². The molecule has 0 spiro atoms. The maximum Gasteiger partial charge on any atom is 0.307 e. The number of carboxylic acid groups (broad SMARTS) is 1. The predicted octanol–water partition coefficient (Wildman–Crippen LogP) is 3.65. The van der Waals surface area contributed by atoms with Crippen molar-refractivity contribution in [3.05, 3.63) is 35.0 Å². The highest BCUT2D eigenvalue weighted by Crippen LogP contribution is 2.34. The molecule has 3 rings (SSSR count). The Hall–Kier alpha value is -2.79. The number of rotatable bonds is 4. The second kappa shape index (κ2) is 7.62. The van der Waals surface area contributed by atoms with Gasteiger partial charge in [0.2, 0.25) is 5.91 Å². The zero-order chi connectivity index (χ0) is 18.7. The number of amides is 1. The van der Waals surface area contributed by atoms with Gasteiger partial charge in [0.05, 0.1) is 11.8 Å². The molecule has 0 saturated heterocycles. The first-order valence-corrected chi connectivity index (χ1v) is 9.01. The normalized spacial score (nSPS) is 19.5. The number of nitrogens with zero attached hydrogens (tertiary/aromatic N) is 2. The molecule has 2 atom stereocenters. The van der Waals surface area contributed by atoms with Crippen molar-refractivity contribution in [1.29, 1.82) is 5.26 Å². The summed E-state index contributed by atoms with van der Waals surface area (Å²) in [5.74, 6) is -3.05. The van der Waals surface area contributed by atoms with E-state index in [4.69, 9.17) is 0 Å². The lowest BCUT2D eigenvalue weighted by Gasteiger charge is -2.26. The first kappa shape index (κ1) is 18.0. The summed E-state index contributed by atoms with van der Waals surface area (Å²) in [5, 5.41) is 21.5. The SMILES string of the molecule is N#Cc1sc(NC(=O)C2CCCCC2C(=O)O)nc1-c1ccc(F)cc1. The van der Waals surface area contributed by atoms with Gasteiger partial charge in [0.25, 0.3) is 0 Å². The molecule has 8 heteroatoms. The van der Waals surface area contributed by atoms with Gasteiger partial charge in [0, 0.05) is 5.56 Å². The van der Waals surface area contributed by atoms with Crippen molar-refractivity contribution in [2.75, 3.05) is 5.32 Å². The minimum absolute atomic E-state index is 0.237. The minimum atomic E-state index is -0.964. The molecule has 0 bridgehead atoms. The molecule has 1 aliphatic rings. The molecule has 0 radical (unpaired) electrons. The zero-order valence-electron chi connectivity index (χ0n) is 13.7. The summed E-state index contributed by atoms with van der Waals surface area (Å²) in [7, 11) is 0. The third-order valence-corrected chi connectivity index (χ3v) is 5.37. The van der Waals surface area contributed by atoms with Crippen LogP contribution in [0.3, 0.4) is 0 Å². The zero-order valence-corrected chi connectivity index (χ0v) is 14.6. The van der Waals surface area contributed by atoms with Crippen LogP contribution in [0.25, 0.3) is 11.3 Å². The van der Waals surface area contributed by atoms with Crippen molar-refractivity contribution in [1.82, 2.24) is 4.98 Å². The fraction of sp³-hybridized carbons (Fsp3) is 0.333. The molecule has 6 nitrogen and oxygen atoms in total. The molecule has 2 N–H and O–H groups in total. The maximum atomic E-state index is 13.1. The molecule has 1 saturated carbocycles. The monoisotopic (exact) mass is 373 g/mol. The molecular weight excluding hydrogens is 357 g/mol. The van der Waals surface area contributed by atoms with Gasteiger partial charge < -0.3 is 10.4 Å². The van der Waals surface area contributed by atoms with E-state index in [1.54, 1.807) is 0 Å². The third kappa shape index (κ3) is 3.73. The van der Waals surface area contributed by atoms with Crippen LogP contribution < -0.4 is 5.32 Å². The Labute approximate surface area is 153 Å². The molecule has 2 unspecified atom stereocenters. The number of nitrogens with one attached hydrogen (secondary N) is 1. The van der Waals surface area contributed by atoms with E-state index in [1.807, 2.05) is 6.07 Å². The van der Waals surface area contributed by atoms with Gasteiger partial charge in [-0.3, -0.25) is 9.59 Å². The van der Waals surface area contributed by atoms with Crippen molar-refractivity contribution in [2.24, 2.45) is 11.8 Å². The smallest absolute Gasteiger partial charge is 0.307 e. The van der Waals surface area contributed by atoms with E-state index in [0.29, 0.717) is 29.0 Å². The van der Waals surface area contributed by atoms with Crippen molar-refractivity contribution >= 4 is 28.3 Å².